The summed E-state index contributed by atoms with van der Waals surface area (Å²) in [5.41, 5.74) is 1.60. The number of para-hydroxylation sites is 1. The van der Waals surface area contributed by atoms with Crippen molar-refractivity contribution < 1.29 is 17.9 Å². The van der Waals surface area contributed by atoms with Crippen LogP contribution in [0.5, 0.6) is 11.5 Å². The van der Waals surface area contributed by atoms with Gasteiger partial charge in [0.1, 0.15) is 11.5 Å². The lowest BCUT2D eigenvalue weighted by molar-refractivity contribution is 0.102. The Kier molecular flexibility index (Phi) is 5.57. The number of hydrogen-bond acceptors (Lipinski definition) is 4. The first-order valence-electron chi connectivity index (χ1n) is 8.30. The first-order chi connectivity index (χ1) is 12.9. The van der Waals surface area contributed by atoms with Gasteiger partial charge in [-0.25, -0.2) is 8.42 Å². The molecule has 3 rings (SSSR count). The van der Waals surface area contributed by atoms with E-state index in [9.17, 15) is 13.2 Å². The zero-order chi connectivity index (χ0) is 19.3. The number of hydrogen-bond donors (Lipinski definition) is 1. The lowest BCUT2D eigenvalue weighted by Crippen LogP contribution is -2.12. The highest BCUT2D eigenvalue weighted by molar-refractivity contribution is 7.89. The van der Waals surface area contributed by atoms with E-state index in [1.165, 1.54) is 6.26 Å². The van der Waals surface area contributed by atoms with E-state index in [1.54, 1.807) is 48.5 Å². The number of carbonyl (C=O) groups excluding carboxylic acids is 1. The standard InChI is InChI=1S/C21H19NO4S/c1-27(24,25)15-16-6-5-7-17(14-16)21(23)22-18-10-12-20(13-11-18)26-19-8-3-2-4-9-19/h2-14H,15H2,1H3,(H,22,23). The minimum Gasteiger partial charge on any atom is -0.457 e. The second kappa shape index (κ2) is 8.05. The van der Waals surface area contributed by atoms with Crippen molar-refractivity contribution in [3.8, 4) is 11.5 Å². The summed E-state index contributed by atoms with van der Waals surface area (Å²) in [6.45, 7) is 0. The van der Waals surface area contributed by atoms with Crippen molar-refractivity contribution in [1.82, 2.24) is 0 Å². The molecule has 0 aliphatic rings. The summed E-state index contributed by atoms with van der Waals surface area (Å²) in [6.07, 6.45) is 1.17. The maximum absolute atomic E-state index is 12.4. The van der Waals surface area contributed by atoms with Gasteiger partial charge >= 0.3 is 0 Å². The fourth-order valence-corrected chi connectivity index (χ4v) is 3.32. The topological polar surface area (TPSA) is 72.5 Å². The van der Waals surface area contributed by atoms with E-state index in [2.05, 4.69) is 5.32 Å². The van der Waals surface area contributed by atoms with Crippen LogP contribution in [0, 0.1) is 0 Å². The van der Waals surface area contributed by atoms with E-state index in [0.717, 1.165) is 5.75 Å². The number of rotatable bonds is 6. The van der Waals surface area contributed by atoms with Gasteiger partial charge in [0.25, 0.3) is 5.91 Å². The SMILES string of the molecule is CS(=O)(=O)Cc1cccc(C(=O)Nc2ccc(Oc3ccccc3)cc2)c1. The van der Waals surface area contributed by atoms with Crippen molar-refractivity contribution in [1.29, 1.82) is 0 Å². The Morgan fingerprint density at radius 1 is 0.889 bits per heavy atom. The molecule has 3 aromatic rings. The minimum absolute atomic E-state index is 0.0976. The van der Waals surface area contributed by atoms with Crippen LogP contribution in [0.15, 0.2) is 78.9 Å². The van der Waals surface area contributed by atoms with Gasteiger partial charge < -0.3 is 10.1 Å². The number of amides is 1. The fourth-order valence-electron chi connectivity index (χ4n) is 2.54. The van der Waals surface area contributed by atoms with E-state index in [-0.39, 0.29) is 11.7 Å². The smallest absolute Gasteiger partial charge is 0.255 e. The molecule has 138 valence electrons. The molecule has 0 saturated heterocycles. The number of nitrogens with one attached hydrogen (secondary N) is 1. The number of sulfone groups is 1. The Balaban J connectivity index is 1.66. The van der Waals surface area contributed by atoms with E-state index < -0.39 is 9.84 Å². The summed E-state index contributed by atoms with van der Waals surface area (Å²) in [6, 6.07) is 23.0. The molecular weight excluding hydrogens is 362 g/mol. The van der Waals surface area contributed by atoms with Crippen molar-refractivity contribution in [3.63, 3.8) is 0 Å². The molecule has 0 spiro atoms. The Bertz CT molecular complexity index is 1030. The van der Waals surface area contributed by atoms with Crippen LogP contribution in [-0.2, 0) is 15.6 Å². The van der Waals surface area contributed by atoms with Gasteiger partial charge in [-0.05, 0) is 54.1 Å². The van der Waals surface area contributed by atoms with Crippen LogP contribution in [0.1, 0.15) is 15.9 Å². The third kappa shape index (κ3) is 5.69. The third-order valence-corrected chi connectivity index (χ3v) is 4.57. The van der Waals surface area contributed by atoms with Crippen molar-refractivity contribution in [2.75, 3.05) is 11.6 Å². The number of anilines is 1. The largest absolute Gasteiger partial charge is 0.457 e. The lowest BCUT2D eigenvalue weighted by Gasteiger charge is -2.09. The van der Waals surface area contributed by atoms with Gasteiger partial charge in [0, 0.05) is 17.5 Å². The maximum Gasteiger partial charge on any atom is 0.255 e. The molecule has 0 bridgehead atoms. The molecule has 0 heterocycles. The van der Waals surface area contributed by atoms with Crippen LogP contribution in [0.3, 0.4) is 0 Å². The van der Waals surface area contributed by atoms with Gasteiger partial charge in [-0.15, -0.1) is 0 Å². The van der Waals surface area contributed by atoms with Crippen LogP contribution in [-0.4, -0.2) is 20.6 Å². The third-order valence-electron chi connectivity index (χ3n) is 3.71. The normalized spacial score (nSPS) is 11.0. The number of benzene rings is 3. The van der Waals surface area contributed by atoms with E-state index in [1.807, 2.05) is 30.3 Å². The predicted molar refractivity (Wildman–Crippen MR) is 106 cm³/mol. The highest BCUT2D eigenvalue weighted by Gasteiger charge is 2.10. The molecule has 0 radical (unpaired) electrons. The van der Waals surface area contributed by atoms with Crippen LogP contribution in [0.4, 0.5) is 5.69 Å². The Hall–Kier alpha value is -3.12. The maximum atomic E-state index is 12.4. The van der Waals surface area contributed by atoms with Crippen LogP contribution < -0.4 is 10.1 Å². The second-order valence-electron chi connectivity index (χ2n) is 6.16. The van der Waals surface area contributed by atoms with Crippen LogP contribution >= 0.6 is 0 Å². The van der Waals surface area contributed by atoms with E-state index in [4.69, 9.17) is 4.74 Å². The average Bonchev–Trinajstić information content (AvgIpc) is 2.63. The van der Waals surface area contributed by atoms with Gasteiger partial charge in [0.15, 0.2) is 9.84 Å². The average molecular weight is 381 g/mol. The summed E-state index contributed by atoms with van der Waals surface area (Å²) >= 11 is 0. The van der Waals surface area contributed by atoms with Gasteiger partial charge in [-0.3, -0.25) is 4.79 Å². The van der Waals surface area contributed by atoms with Crippen molar-refractivity contribution in [2.45, 2.75) is 5.75 Å². The lowest BCUT2D eigenvalue weighted by atomic mass is 10.1. The predicted octanol–water partition coefficient (Wildman–Crippen LogP) is 4.28. The molecule has 6 heteroatoms. The van der Waals surface area contributed by atoms with Crippen molar-refractivity contribution in [3.05, 3.63) is 90.0 Å². The van der Waals surface area contributed by atoms with Crippen molar-refractivity contribution >= 4 is 21.4 Å². The van der Waals surface area contributed by atoms with E-state index in [0.29, 0.717) is 22.6 Å². The van der Waals surface area contributed by atoms with E-state index >= 15 is 0 Å². The summed E-state index contributed by atoms with van der Waals surface area (Å²) < 4.78 is 28.6. The molecule has 0 atom stereocenters. The van der Waals surface area contributed by atoms with Gasteiger partial charge in [0.05, 0.1) is 5.75 Å². The summed E-state index contributed by atoms with van der Waals surface area (Å²) in [5.74, 6) is 0.994. The van der Waals surface area contributed by atoms with Crippen molar-refractivity contribution in [2.24, 2.45) is 0 Å². The molecule has 0 aliphatic heterocycles. The molecule has 1 amide bonds. The second-order valence-corrected chi connectivity index (χ2v) is 8.30. The van der Waals surface area contributed by atoms with Gasteiger partial charge in [0.2, 0.25) is 0 Å². The van der Waals surface area contributed by atoms with Crippen LogP contribution in [0.25, 0.3) is 0 Å². The quantitative estimate of drug-likeness (QED) is 0.692. The molecule has 27 heavy (non-hydrogen) atoms. The Labute approximate surface area is 158 Å². The molecule has 0 aromatic heterocycles. The molecule has 0 aliphatic carbocycles. The van der Waals surface area contributed by atoms with Gasteiger partial charge in [-0.1, -0.05) is 30.3 Å². The molecule has 1 N–H and O–H groups in total. The molecule has 0 fully saturated rings. The van der Waals surface area contributed by atoms with Gasteiger partial charge in [-0.2, -0.15) is 0 Å². The summed E-state index contributed by atoms with van der Waals surface area (Å²) in [5, 5.41) is 2.80. The monoisotopic (exact) mass is 381 g/mol. The first kappa shape index (κ1) is 18.7. The molecule has 3 aromatic carbocycles. The fraction of sp³-hybridized carbons (Fsp3) is 0.0952. The Morgan fingerprint density at radius 3 is 2.22 bits per heavy atom. The zero-order valence-corrected chi connectivity index (χ0v) is 15.6. The van der Waals surface area contributed by atoms with Crippen LogP contribution in [0.2, 0.25) is 0 Å². The minimum atomic E-state index is -3.15. The zero-order valence-electron chi connectivity index (χ0n) is 14.8. The summed E-state index contributed by atoms with van der Waals surface area (Å²) in [4.78, 5) is 12.4. The first-order valence-corrected chi connectivity index (χ1v) is 10.4. The highest BCUT2D eigenvalue weighted by Crippen LogP contribution is 2.23. The number of ether oxygens (including phenoxy) is 1. The molecular formula is C21H19NO4S. The molecule has 0 unspecified atom stereocenters. The number of carbonyl (C=O) groups is 1. The molecule has 5 nitrogen and oxygen atoms in total. The summed E-state index contributed by atoms with van der Waals surface area (Å²) in [7, 11) is -3.15. The highest BCUT2D eigenvalue weighted by atomic mass is 32.2. The molecule has 0 saturated carbocycles. The Morgan fingerprint density at radius 2 is 1.56 bits per heavy atom.